The smallest absolute Gasteiger partial charge is 0.107 e. The molecule has 6 rings (SSSR count). The van der Waals surface area contributed by atoms with Gasteiger partial charge in [-0.2, -0.15) is 0 Å². The quantitative estimate of drug-likeness (QED) is 0.522. The number of aliphatic hydroxyl groups is 1. The summed E-state index contributed by atoms with van der Waals surface area (Å²) in [6.45, 7) is 7.83. The molecule has 0 bridgehead atoms. The minimum atomic E-state index is -0.0306. The van der Waals surface area contributed by atoms with Gasteiger partial charge in [0.05, 0.1) is 17.1 Å². The zero-order valence-corrected chi connectivity index (χ0v) is 21.0. The van der Waals surface area contributed by atoms with Crippen LogP contribution in [0.1, 0.15) is 90.8 Å². The van der Waals surface area contributed by atoms with Crippen molar-refractivity contribution in [1.82, 2.24) is 9.97 Å². The first-order valence-corrected chi connectivity index (χ1v) is 14.0. The lowest BCUT2D eigenvalue weighted by Crippen LogP contribution is -2.54. The molecule has 3 heteroatoms. The molecule has 4 aliphatic rings. The summed E-state index contributed by atoms with van der Waals surface area (Å²) in [6, 6.07) is 8.42. The lowest BCUT2D eigenvalue weighted by Gasteiger charge is -2.61. The first-order valence-electron chi connectivity index (χ1n) is 14.0. The molecule has 0 aliphatic heterocycles. The van der Waals surface area contributed by atoms with E-state index < -0.39 is 0 Å². The van der Waals surface area contributed by atoms with Crippen LogP contribution in [0.15, 0.2) is 24.3 Å². The first-order chi connectivity index (χ1) is 15.9. The van der Waals surface area contributed by atoms with E-state index in [1.165, 1.54) is 56.9 Å². The van der Waals surface area contributed by atoms with Gasteiger partial charge in [0.2, 0.25) is 0 Å². The summed E-state index contributed by atoms with van der Waals surface area (Å²) in [6.07, 6.45) is 14.2. The summed E-state index contributed by atoms with van der Waals surface area (Å²) < 4.78 is 0. The fraction of sp³-hybridized carbons (Fsp3) is 0.767. The number of aryl methyl sites for hydroxylation is 1. The summed E-state index contributed by atoms with van der Waals surface area (Å²) in [7, 11) is 0. The van der Waals surface area contributed by atoms with Gasteiger partial charge in [0, 0.05) is 6.42 Å². The van der Waals surface area contributed by atoms with Gasteiger partial charge in [-0.05, 0) is 123 Å². The predicted octanol–water partition coefficient (Wildman–Crippen LogP) is 7.15. The van der Waals surface area contributed by atoms with Gasteiger partial charge in [-0.1, -0.05) is 32.9 Å². The van der Waals surface area contributed by atoms with Gasteiger partial charge in [0.25, 0.3) is 0 Å². The molecule has 2 N–H and O–H groups in total. The molecular formula is C30H44N2O. The van der Waals surface area contributed by atoms with E-state index in [1.54, 1.807) is 0 Å². The number of fused-ring (bicyclic) bond motifs is 6. The Hall–Kier alpha value is -1.35. The molecule has 4 saturated carbocycles. The summed E-state index contributed by atoms with van der Waals surface area (Å²) in [5, 5.41) is 10.3. The Bertz CT molecular complexity index is 965. The van der Waals surface area contributed by atoms with E-state index in [1.807, 2.05) is 0 Å². The van der Waals surface area contributed by atoms with E-state index >= 15 is 0 Å². The highest BCUT2D eigenvalue weighted by atomic mass is 16.3. The van der Waals surface area contributed by atoms with Crippen molar-refractivity contribution in [2.24, 2.45) is 46.3 Å². The summed E-state index contributed by atoms with van der Waals surface area (Å²) >= 11 is 0. The number of aromatic nitrogens is 2. The van der Waals surface area contributed by atoms with Gasteiger partial charge in [-0.15, -0.1) is 0 Å². The van der Waals surface area contributed by atoms with Crippen molar-refractivity contribution in [3.05, 3.63) is 30.1 Å². The molecule has 0 spiro atoms. The predicted molar refractivity (Wildman–Crippen MR) is 135 cm³/mol. The van der Waals surface area contributed by atoms with E-state index in [0.29, 0.717) is 10.8 Å². The number of H-pyrrole nitrogens is 1. The van der Waals surface area contributed by atoms with Gasteiger partial charge >= 0.3 is 0 Å². The van der Waals surface area contributed by atoms with Crippen molar-refractivity contribution < 1.29 is 5.11 Å². The van der Waals surface area contributed by atoms with E-state index in [-0.39, 0.29) is 6.10 Å². The molecule has 9 unspecified atom stereocenters. The first kappa shape index (κ1) is 22.1. The molecule has 4 aliphatic carbocycles. The summed E-state index contributed by atoms with van der Waals surface area (Å²) in [5.74, 6) is 6.34. The fourth-order valence-corrected chi connectivity index (χ4v) is 9.90. The fourth-order valence-electron chi connectivity index (χ4n) is 9.90. The number of hydrogen-bond acceptors (Lipinski definition) is 2. The number of aliphatic hydroxyl groups excluding tert-OH is 1. The molecule has 4 fully saturated rings. The average Bonchev–Trinajstić information content (AvgIpc) is 3.38. The Morgan fingerprint density at radius 3 is 2.64 bits per heavy atom. The molecule has 3 nitrogen and oxygen atoms in total. The third kappa shape index (κ3) is 3.51. The number of aromatic amines is 1. The number of nitrogens with zero attached hydrogens (tertiary/aromatic N) is 1. The summed E-state index contributed by atoms with van der Waals surface area (Å²) in [5.41, 5.74) is 3.30. The lowest BCUT2D eigenvalue weighted by molar-refractivity contribution is -0.129. The van der Waals surface area contributed by atoms with Crippen LogP contribution >= 0.6 is 0 Å². The van der Waals surface area contributed by atoms with Gasteiger partial charge in [-0.3, -0.25) is 0 Å². The molecule has 33 heavy (non-hydrogen) atoms. The minimum Gasteiger partial charge on any atom is -0.393 e. The largest absolute Gasteiger partial charge is 0.393 e. The van der Waals surface area contributed by atoms with Crippen LogP contribution in [0.5, 0.6) is 0 Å². The number of hydrogen-bond donors (Lipinski definition) is 2. The van der Waals surface area contributed by atoms with Gasteiger partial charge in [-0.25, -0.2) is 4.98 Å². The maximum absolute atomic E-state index is 10.3. The highest BCUT2D eigenvalue weighted by molar-refractivity contribution is 5.74. The van der Waals surface area contributed by atoms with Crippen molar-refractivity contribution in [2.45, 2.75) is 97.5 Å². The van der Waals surface area contributed by atoms with Gasteiger partial charge in [0.15, 0.2) is 0 Å². The molecule has 1 heterocycles. The molecule has 1 aromatic heterocycles. The van der Waals surface area contributed by atoms with Crippen LogP contribution < -0.4 is 0 Å². The highest BCUT2D eigenvalue weighted by Gasteiger charge is 2.60. The maximum atomic E-state index is 10.3. The Morgan fingerprint density at radius 2 is 1.79 bits per heavy atom. The Morgan fingerprint density at radius 1 is 1.00 bits per heavy atom. The van der Waals surface area contributed by atoms with Crippen LogP contribution in [-0.4, -0.2) is 21.2 Å². The monoisotopic (exact) mass is 448 g/mol. The standard InChI is InChI=1S/C30H44N2O/c1-19(8-13-28-31-26-6-4-5-7-27(26)32-28)23-11-12-24-22-10-9-20-18-21(33)14-16-29(20,2)25(22)15-17-30(23,24)3/h4-7,19-25,33H,8-18H2,1-3H3,(H,31,32). The number of rotatable bonds is 4. The molecular weight excluding hydrogens is 404 g/mol. The number of imidazole rings is 1. The Balaban J connectivity index is 1.15. The van der Waals surface area contributed by atoms with Crippen LogP contribution in [0.3, 0.4) is 0 Å². The van der Waals surface area contributed by atoms with Crippen LogP contribution in [0.4, 0.5) is 0 Å². The number of para-hydroxylation sites is 2. The third-order valence-electron chi connectivity index (χ3n) is 11.7. The van der Waals surface area contributed by atoms with E-state index in [4.69, 9.17) is 4.98 Å². The number of benzene rings is 1. The maximum Gasteiger partial charge on any atom is 0.107 e. The minimum absolute atomic E-state index is 0.0306. The second-order valence-electron chi connectivity index (χ2n) is 13.0. The van der Waals surface area contributed by atoms with E-state index in [2.05, 4.69) is 50.0 Å². The van der Waals surface area contributed by atoms with Crippen molar-refractivity contribution in [2.75, 3.05) is 0 Å². The molecule has 1 aromatic carbocycles. The Kier molecular flexibility index (Phi) is 5.44. The van der Waals surface area contributed by atoms with Crippen molar-refractivity contribution in [1.29, 1.82) is 0 Å². The van der Waals surface area contributed by atoms with Crippen LogP contribution in [0, 0.1) is 46.3 Å². The van der Waals surface area contributed by atoms with E-state index in [0.717, 1.165) is 66.1 Å². The zero-order valence-electron chi connectivity index (χ0n) is 21.0. The van der Waals surface area contributed by atoms with Crippen molar-refractivity contribution in [3.63, 3.8) is 0 Å². The average molecular weight is 449 g/mol. The SMILES string of the molecule is CC(CCc1nc2ccccc2[nH]1)C1CCC2C3CCC4CC(O)CCC4(C)C3CCC12C. The molecule has 9 atom stereocenters. The van der Waals surface area contributed by atoms with Crippen molar-refractivity contribution >= 4 is 11.0 Å². The molecule has 180 valence electrons. The second-order valence-corrected chi connectivity index (χ2v) is 13.0. The van der Waals surface area contributed by atoms with Crippen LogP contribution in [-0.2, 0) is 6.42 Å². The van der Waals surface area contributed by atoms with Gasteiger partial charge in [0.1, 0.15) is 5.82 Å². The van der Waals surface area contributed by atoms with Gasteiger partial charge < -0.3 is 10.1 Å². The molecule has 0 radical (unpaired) electrons. The summed E-state index contributed by atoms with van der Waals surface area (Å²) in [4.78, 5) is 8.39. The molecule has 0 amide bonds. The van der Waals surface area contributed by atoms with Crippen molar-refractivity contribution in [3.8, 4) is 0 Å². The second kappa shape index (κ2) is 8.11. The van der Waals surface area contributed by atoms with Crippen LogP contribution in [0.2, 0.25) is 0 Å². The zero-order chi connectivity index (χ0) is 22.8. The molecule has 2 aromatic rings. The third-order valence-corrected chi connectivity index (χ3v) is 11.7. The van der Waals surface area contributed by atoms with E-state index in [9.17, 15) is 5.11 Å². The topological polar surface area (TPSA) is 48.9 Å². The highest BCUT2D eigenvalue weighted by Crippen LogP contribution is 2.68. The van der Waals surface area contributed by atoms with Crippen LogP contribution in [0.25, 0.3) is 11.0 Å². The Labute approximate surface area is 200 Å². The normalized spacial score (nSPS) is 43.6. The number of nitrogens with one attached hydrogen (secondary N) is 1. The lowest BCUT2D eigenvalue weighted by atomic mass is 9.44. The molecule has 0 saturated heterocycles.